The smallest absolute Gasteiger partial charge is 0.318 e. The maximum Gasteiger partial charge on any atom is 0.318 e. The standard InChI is InChI=1S/C23H37N3O5/c1-16(2)14-19(21(29)25-26-24-15-20(27)28)18(22(30)31-23(3,4)5)13-9-12-17-10-7-6-8-11-17/h6-8,10-11,16,18-19,24,26H,9,12-15H2,1-5H3,(H,25,29)(H,27,28)/t18-,19?/m0/s1. The number of nitrogens with one attached hydrogen (secondary N) is 3. The normalized spacial score (nSPS) is 13.5. The third-order valence-corrected chi connectivity index (χ3v) is 4.59. The van der Waals surface area contributed by atoms with Gasteiger partial charge in [0.05, 0.1) is 11.8 Å². The van der Waals surface area contributed by atoms with Gasteiger partial charge >= 0.3 is 11.9 Å². The SMILES string of the molecule is CC(C)CC(C(=O)NNNCC(=O)O)[C@H](CCCc1ccccc1)C(=O)OC(C)(C)C. The lowest BCUT2D eigenvalue weighted by Crippen LogP contribution is -2.52. The number of carboxylic acids is 1. The third-order valence-electron chi connectivity index (χ3n) is 4.59. The molecule has 1 aromatic rings. The molecular weight excluding hydrogens is 398 g/mol. The Hall–Kier alpha value is -2.45. The average Bonchev–Trinajstić information content (AvgIpc) is 2.66. The molecule has 0 aromatic heterocycles. The minimum atomic E-state index is -1.06. The molecule has 1 amide bonds. The maximum atomic E-state index is 13.0. The molecule has 0 fully saturated rings. The van der Waals surface area contributed by atoms with Gasteiger partial charge in [0.25, 0.3) is 0 Å². The Balaban J connectivity index is 2.92. The predicted molar refractivity (Wildman–Crippen MR) is 119 cm³/mol. The lowest BCUT2D eigenvalue weighted by atomic mass is 9.81. The number of aryl methyl sites for hydroxylation is 1. The zero-order valence-electron chi connectivity index (χ0n) is 19.2. The van der Waals surface area contributed by atoms with Crippen molar-refractivity contribution < 1.29 is 24.2 Å². The number of carbonyl (C=O) groups is 3. The van der Waals surface area contributed by atoms with Crippen molar-refractivity contribution in [2.75, 3.05) is 6.54 Å². The molecule has 0 aliphatic carbocycles. The Bertz CT molecular complexity index is 701. The molecule has 4 N–H and O–H groups in total. The number of aliphatic carboxylic acids is 1. The monoisotopic (exact) mass is 435 g/mol. The lowest BCUT2D eigenvalue weighted by molar-refractivity contribution is -0.164. The number of ether oxygens (including phenoxy) is 1. The van der Waals surface area contributed by atoms with Crippen LogP contribution in [0.3, 0.4) is 0 Å². The first-order valence-corrected chi connectivity index (χ1v) is 10.8. The highest BCUT2D eigenvalue weighted by atomic mass is 16.6. The minimum absolute atomic E-state index is 0.182. The number of hydrogen-bond acceptors (Lipinski definition) is 6. The fourth-order valence-electron chi connectivity index (χ4n) is 3.31. The molecule has 0 radical (unpaired) electrons. The van der Waals surface area contributed by atoms with Gasteiger partial charge in [-0.3, -0.25) is 19.8 Å². The molecule has 1 aromatic carbocycles. The predicted octanol–water partition coefficient (Wildman–Crippen LogP) is 2.84. The first kappa shape index (κ1) is 26.6. The summed E-state index contributed by atoms with van der Waals surface area (Å²) in [5, 5.41) is 8.69. The Morgan fingerprint density at radius 3 is 2.26 bits per heavy atom. The molecule has 1 rings (SSSR count). The van der Waals surface area contributed by atoms with Crippen molar-refractivity contribution >= 4 is 17.8 Å². The number of amides is 1. The van der Waals surface area contributed by atoms with Crippen LogP contribution in [0.4, 0.5) is 0 Å². The molecule has 8 heteroatoms. The first-order chi connectivity index (χ1) is 14.5. The highest BCUT2D eigenvalue weighted by Gasteiger charge is 2.36. The van der Waals surface area contributed by atoms with Crippen molar-refractivity contribution in [2.24, 2.45) is 17.8 Å². The summed E-state index contributed by atoms with van der Waals surface area (Å²) in [4.78, 5) is 36.5. The van der Waals surface area contributed by atoms with Gasteiger partial charge in [-0.25, -0.2) is 5.43 Å². The van der Waals surface area contributed by atoms with Gasteiger partial charge in [-0.1, -0.05) is 44.2 Å². The summed E-state index contributed by atoms with van der Waals surface area (Å²) in [6, 6.07) is 10.00. The fourth-order valence-corrected chi connectivity index (χ4v) is 3.31. The van der Waals surface area contributed by atoms with Gasteiger partial charge in [-0.2, -0.15) is 5.53 Å². The van der Waals surface area contributed by atoms with Crippen LogP contribution in [-0.2, 0) is 25.5 Å². The van der Waals surface area contributed by atoms with E-state index in [2.05, 4.69) is 16.4 Å². The average molecular weight is 436 g/mol. The topological polar surface area (TPSA) is 117 Å². The van der Waals surface area contributed by atoms with Crippen LogP contribution in [0.25, 0.3) is 0 Å². The van der Waals surface area contributed by atoms with Crippen molar-refractivity contribution in [3.05, 3.63) is 35.9 Å². The highest BCUT2D eigenvalue weighted by Crippen LogP contribution is 2.28. The Morgan fingerprint density at radius 1 is 1.06 bits per heavy atom. The van der Waals surface area contributed by atoms with Crippen molar-refractivity contribution in [1.29, 1.82) is 0 Å². The van der Waals surface area contributed by atoms with Gasteiger partial charge in [-0.15, -0.1) is 0 Å². The van der Waals surface area contributed by atoms with Crippen LogP contribution in [-0.4, -0.2) is 35.1 Å². The van der Waals surface area contributed by atoms with Crippen molar-refractivity contribution in [3.8, 4) is 0 Å². The van der Waals surface area contributed by atoms with E-state index < -0.39 is 23.4 Å². The molecule has 0 bridgehead atoms. The van der Waals surface area contributed by atoms with Crippen LogP contribution in [0.2, 0.25) is 0 Å². The van der Waals surface area contributed by atoms with E-state index in [1.807, 2.05) is 44.2 Å². The largest absolute Gasteiger partial charge is 0.480 e. The fraction of sp³-hybridized carbons (Fsp3) is 0.609. The molecule has 0 spiro atoms. The number of carboxylic acid groups (broad SMARTS) is 1. The number of hydrogen-bond donors (Lipinski definition) is 4. The molecule has 1 unspecified atom stereocenters. The molecule has 8 nitrogen and oxygen atoms in total. The Morgan fingerprint density at radius 2 is 1.71 bits per heavy atom. The molecule has 0 saturated heterocycles. The van der Waals surface area contributed by atoms with Crippen LogP contribution in [0.1, 0.15) is 59.4 Å². The van der Waals surface area contributed by atoms with Gasteiger partial charge in [0.15, 0.2) is 0 Å². The number of rotatable bonds is 13. The summed E-state index contributed by atoms with van der Waals surface area (Å²) in [6.45, 7) is 9.04. The quantitative estimate of drug-likeness (QED) is 0.214. The molecule has 0 aliphatic rings. The zero-order chi connectivity index (χ0) is 23.4. The summed E-state index contributed by atoms with van der Waals surface area (Å²) in [5.41, 5.74) is 7.81. The Kier molecular flexibility index (Phi) is 11.2. The van der Waals surface area contributed by atoms with Crippen LogP contribution in [0.15, 0.2) is 30.3 Å². The summed E-state index contributed by atoms with van der Waals surface area (Å²) >= 11 is 0. The Labute approximate surface area is 185 Å². The molecule has 0 heterocycles. The number of esters is 1. The minimum Gasteiger partial charge on any atom is -0.480 e. The van der Waals surface area contributed by atoms with Gasteiger partial charge in [0.2, 0.25) is 5.91 Å². The number of hydrazine groups is 2. The highest BCUT2D eigenvalue weighted by molar-refractivity contribution is 5.85. The van der Waals surface area contributed by atoms with E-state index in [9.17, 15) is 14.4 Å². The van der Waals surface area contributed by atoms with E-state index in [0.29, 0.717) is 12.8 Å². The van der Waals surface area contributed by atoms with E-state index in [4.69, 9.17) is 9.84 Å². The molecule has 31 heavy (non-hydrogen) atoms. The molecule has 174 valence electrons. The zero-order valence-corrected chi connectivity index (χ0v) is 19.2. The van der Waals surface area contributed by atoms with E-state index in [-0.39, 0.29) is 24.3 Å². The second-order valence-corrected chi connectivity index (χ2v) is 9.12. The van der Waals surface area contributed by atoms with Crippen LogP contribution >= 0.6 is 0 Å². The van der Waals surface area contributed by atoms with Crippen LogP contribution in [0, 0.1) is 17.8 Å². The van der Waals surface area contributed by atoms with Crippen molar-refractivity contribution in [2.45, 2.75) is 65.9 Å². The molecule has 0 saturated carbocycles. The van der Waals surface area contributed by atoms with Gasteiger partial charge in [0, 0.05) is 0 Å². The number of benzene rings is 1. The molecule has 2 atom stereocenters. The van der Waals surface area contributed by atoms with Crippen LogP contribution < -0.4 is 16.4 Å². The molecule has 0 aliphatic heterocycles. The van der Waals surface area contributed by atoms with Gasteiger partial charge < -0.3 is 9.84 Å². The van der Waals surface area contributed by atoms with E-state index in [0.717, 1.165) is 12.8 Å². The summed E-state index contributed by atoms with van der Waals surface area (Å²) in [5.74, 6) is -2.85. The van der Waals surface area contributed by atoms with E-state index in [1.165, 1.54) is 5.56 Å². The van der Waals surface area contributed by atoms with Crippen LogP contribution in [0.5, 0.6) is 0 Å². The van der Waals surface area contributed by atoms with Gasteiger partial charge in [0.1, 0.15) is 12.1 Å². The second kappa shape index (κ2) is 13.1. The molecular formula is C23H37N3O5. The lowest BCUT2D eigenvalue weighted by Gasteiger charge is -2.29. The number of carbonyl (C=O) groups excluding carboxylic acids is 2. The summed E-state index contributed by atoms with van der Waals surface area (Å²) in [7, 11) is 0. The third kappa shape index (κ3) is 11.5. The second-order valence-electron chi connectivity index (χ2n) is 9.12. The van der Waals surface area contributed by atoms with Crippen molar-refractivity contribution in [3.63, 3.8) is 0 Å². The first-order valence-electron chi connectivity index (χ1n) is 10.8. The summed E-state index contributed by atoms with van der Waals surface area (Å²) in [6.07, 6.45) is 2.55. The van der Waals surface area contributed by atoms with Gasteiger partial charge in [-0.05, 0) is 57.9 Å². The van der Waals surface area contributed by atoms with E-state index in [1.54, 1.807) is 20.8 Å². The van der Waals surface area contributed by atoms with Crippen molar-refractivity contribution in [1.82, 2.24) is 16.4 Å². The van der Waals surface area contributed by atoms with E-state index >= 15 is 0 Å². The summed E-state index contributed by atoms with van der Waals surface area (Å²) < 4.78 is 5.64. The maximum absolute atomic E-state index is 13.0.